The van der Waals surface area contributed by atoms with E-state index in [0.29, 0.717) is 0 Å². The van der Waals surface area contributed by atoms with Crippen molar-refractivity contribution in [3.8, 4) is 0 Å². The molecule has 0 bridgehead atoms. The summed E-state index contributed by atoms with van der Waals surface area (Å²) in [6.45, 7) is 3.23. The molecule has 0 aliphatic heterocycles. The number of rotatable bonds is 3. The van der Waals surface area contributed by atoms with Crippen LogP contribution in [0.3, 0.4) is 0 Å². The second kappa shape index (κ2) is 5.21. The van der Waals surface area contributed by atoms with Crippen LogP contribution in [0.15, 0.2) is 12.1 Å². The summed E-state index contributed by atoms with van der Waals surface area (Å²) in [5.74, 6) is -1.37. The molecule has 1 aromatic rings. The van der Waals surface area contributed by atoms with Crippen LogP contribution in [0.4, 0.5) is 4.39 Å². The molecule has 17 heavy (non-hydrogen) atoms. The molecule has 0 saturated carbocycles. The maximum atomic E-state index is 13.3. The summed E-state index contributed by atoms with van der Waals surface area (Å²) in [6.07, 6.45) is 0. The van der Waals surface area contributed by atoms with Crippen LogP contribution in [0.1, 0.15) is 19.4 Å². The Morgan fingerprint density at radius 1 is 1.47 bits per heavy atom. The molecular weight excluding hydrogens is 268 g/mol. The zero-order valence-corrected chi connectivity index (χ0v) is 10.9. The lowest BCUT2D eigenvalue weighted by molar-refractivity contribution is -0.149. The number of halogens is 3. The highest BCUT2D eigenvalue weighted by molar-refractivity contribution is 6.35. The van der Waals surface area contributed by atoms with Gasteiger partial charge in [-0.05, 0) is 26.0 Å². The van der Waals surface area contributed by atoms with Crippen molar-refractivity contribution in [1.82, 2.24) is 0 Å². The van der Waals surface area contributed by atoms with E-state index in [1.54, 1.807) is 6.92 Å². The van der Waals surface area contributed by atoms with Crippen molar-refractivity contribution in [2.24, 2.45) is 5.73 Å². The Hall–Kier alpha value is -0.840. The molecule has 0 radical (unpaired) electrons. The molecule has 0 spiro atoms. The summed E-state index contributed by atoms with van der Waals surface area (Å²) in [5, 5.41) is -0.00661. The summed E-state index contributed by atoms with van der Waals surface area (Å²) >= 11 is 11.5. The highest BCUT2D eigenvalue weighted by atomic mass is 35.5. The van der Waals surface area contributed by atoms with Crippen molar-refractivity contribution in [2.45, 2.75) is 19.4 Å². The monoisotopic (exact) mass is 279 g/mol. The maximum absolute atomic E-state index is 13.3. The Labute approximate surface area is 109 Å². The lowest BCUT2D eigenvalue weighted by Crippen LogP contribution is -2.43. The van der Waals surface area contributed by atoms with E-state index < -0.39 is 17.3 Å². The van der Waals surface area contributed by atoms with Crippen LogP contribution in [-0.4, -0.2) is 12.6 Å². The van der Waals surface area contributed by atoms with E-state index in [9.17, 15) is 9.18 Å². The van der Waals surface area contributed by atoms with Gasteiger partial charge >= 0.3 is 5.97 Å². The largest absolute Gasteiger partial charge is 0.464 e. The van der Waals surface area contributed by atoms with Gasteiger partial charge in [-0.25, -0.2) is 9.18 Å². The Morgan fingerprint density at radius 2 is 2.06 bits per heavy atom. The van der Waals surface area contributed by atoms with Crippen molar-refractivity contribution < 1.29 is 13.9 Å². The SMILES string of the molecule is CCOC(=O)C(C)(N)c1cc(F)c(Cl)cc1Cl. The van der Waals surface area contributed by atoms with Crippen LogP contribution in [0.2, 0.25) is 10.0 Å². The fourth-order valence-electron chi connectivity index (χ4n) is 1.31. The Bertz CT molecular complexity index is 449. The first kappa shape index (κ1) is 14.2. The molecule has 1 atom stereocenters. The second-order valence-corrected chi connectivity index (χ2v) is 4.48. The minimum absolute atomic E-state index is 0.120. The van der Waals surface area contributed by atoms with Gasteiger partial charge in [-0.2, -0.15) is 0 Å². The Balaban J connectivity index is 3.23. The number of nitrogens with two attached hydrogens (primary N) is 1. The lowest BCUT2D eigenvalue weighted by Gasteiger charge is -2.24. The minimum atomic E-state index is -1.52. The lowest BCUT2D eigenvalue weighted by atomic mass is 9.93. The molecule has 1 rings (SSSR count). The third-order valence-electron chi connectivity index (χ3n) is 2.27. The van der Waals surface area contributed by atoms with Gasteiger partial charge in [0.25, 0.3) is 0 Å². The first-order valence-corrected chi connectivity index (χ1v) is 5.67. The van der Waals surface area contributed by atoms with Gasteiger partial charge in [0, 0.05) is 10.6 Å². The molecule has 0 fully saturated rings. The number of carbonyl (C=O) groups is 1. The van der Waals surface area contributed by atoms with Crippen molar-refractivity contribution in [3.63, 3.8) is 0 Å². The highest BCUT2D eigenvalue weighted by Crippen LogP contribution is 2.31. The average molecular weight is 280 g/mol. The number of ether oxygens (including phenoxy) is 1. The van der Waals surface area contributed by atoms with Gasteiger partial charge in [0.05, 0.1) is 11.6 Å². The summed E-state index contributed by atoms with van der Waals surface area (Å²) < 4.78 is 18.1. The first-order chi connectivity index (χ1) is 7.80. The molecule has 6 heteroatoms. The molecule has 0 saturated heterocycles. The fourth-order valence-corrected chi connectivity index (χ4v) is 1.89. The predicted molar refractivity (Wildman–Crippen MR) is 64.6 cm³/mol. The van der Waals surface area contributed by atoms with E-state index in [0.717, 1.165) is 6.07 Å². The molecule has 0 aromatic heterocycles. The van der Waals surface area contributed by atoms with Gasteiger partial charge in [-0.3, -0.25) is 0 Å². The summed E-state index contributed by atoms with van der Waals surface area (Å²) in [6, 6.07) is 2.25. The van der Waals surface area contributed by atoms with Gasteiger partial charge in [0.2, 0.25) is 0 Å². The molecule has 1 unspecified atom stereocenters. The highest BCUT2D eigenvalue weighted by Gasteiger charge is 2.34. The predicted octanol–water partition coefficient (Wildman–Crippen LogP) is 2.87. The van der Waals surface area contributed by atoms with Gasteiger partial charge < -0.3 is 10.5 Å². The van der Waals surface area contributed by atoms with Crippen LogP contribution in [0, 0.1) is 5.82 Å². The van der Waals surface area contributed by atoms with Gasteiger partial charge in [-0.1, -0.05) is 23.2 Å². The van der Waals surface area contributed by atoms with Crippen molar-refractivity contribution in [3.05, 3.63) is 33.6 Å². The number of esters is 1. The van der Waals surface area contributed by atoms with Crippen molar-refractivity contribution in [1.29, 1.82) is 0 Å². The van der Waals surface area contributed by atoms with Crippen LogP contribution < -0.4 is 5.73 Å². The molecule has 2 N–H and O–H groups in total. The third kappa shape index (κ3) is 2.89. The number of hydrogen-bond acceptors (Lipinski definition) is 3. The molecule has 0 aliphatic carbocycles. The standard InChI is InChI=1S/C11H12Cl2FNO2/c1-3-17-10(16)11(2,15)6-4-9(14)8(13)5-7(6)12/h4-5H,3,15H2,1-2H3. The van der Waals surface area contributed by atoms with Gasteiger partial charge in [-0.15, -0.1) is 0 Å². The van der Waals surface area contributed by atoms with E-state index >= 15 is 0 Å². The second-order valence-electron chi connectivity index (χ2n) is 3.67. The zero-order chi connectivity index (χ0) is 13.2. The fraction of sp³-hybridized carbons (Fsp3) is 0.364. The molecule has 0 aliphatic rings. The third-order valence-corrected chi connectivity index (χ3v) is 2.87. The van der Waals surface area contributed by atoms with Gasteiger partial charge in [0.15, 0.2) is 0 Å². The summed E-state index contributed by atoms with van der Waals surface area (Å²) in [7, 11) is 0. The molecule has 94 valence electrons. The normalized spacial score (nSPS) is 14.2. The van der Waals surface area contributed by atoms with E-state index in [1.807, 2.05) is 0 Å². The van der Waals surface area contributed by atoms with E-state index in [4.69, 9.17) is 33.7 Å². The number of benzene rings is 1. The number of carbonyl (C=O) groups excluding carboxylic acids is 1. The van der Waals surface area contributed by atoms with E-state index in [2.05, 4.69) is 0 Å². The first-order valence-electron chi connectivity index (χ1n) is 4.91. The molecule has 1 aromatic carbocycles. The smallest absolute Gasteiger partial charge is 0.330 e. The molecule has 3 nitrogen and oxygen atoms in total. The Morgan fingerprint density at radius 3 is 2.59 bits per heavy atom. The maximum Gasteiger partial charge on any atom is 0.330 e. The molecular formula is C11H12Cl2FNO2. The minimum Gasteiger partial charge on any atom is -0.464 e. The van der Waals surface area contributed by atoms with E-state index in [1.165, 1.54) is 13.0 Å². The summed E-state index contributed by atoms with van der Waals surface area (Å²) in [5.41, 5.74) is 4.44. The van der Waals surface area contributed by atoms with Crippen LogP contribution in [-0.2, 0) is 15.1 Å². The van der Waals surface area contributed by atoms with Gasteiger partial charge in [0.1, 0.15) is 11.4 Å². The topological polar surface area (TPSA) is 52.3 Å². The van der Waals surface area contributed by atoms with Crippen molar-refractivity contribution in [2.75, 3.05) is 6.61 Å². The average Bonchev–Trinajstić information content (AvgIpc) is 2.23. The van der Waals surface area contributed by atoms with E-state index in [-0.39, 0.29) is 22.2 Å². The summed E-state index contributed by atoms with van der Waals surface area (Å²) in [4.78, 5) is 11.7. The van der Waals surface area contributed by atoms with Crippen molar-refractivity contribution >= 4 is 29.2 Å². The molecule has 0 heterocycles. The van der Waals surface area contributed by atoms with Crippen LogP contribution in [0.25, 0.3) is 0 Å². The van der Waals surface area contributed by atoms with Crippen LogP contribution >= 0.6 is 23.2 Å². The quantitative estimate of drug-likeness (QED) is 0.684. The van der Waals surface area contributed by atoms with Crippen LogP contribution in [0.5, 0.6) is 0 Å². The zero-order valence-electron chi connectivity index (χ0n) is 9.39. The molecule has 0 amide bonds. The Kier molecular flexibility index (Phi) is 4.36. The number of hydrogen-bond donors (Lipinski definition) is 1.